The number of unbranched alkanes of at least 4 members (excludes halogenated alkanes) is 9. The molecule has 0 rings (SSSR count). The van der Waals surface area contributed by atoms with E-state index in [0.29, 0.717) is 6.42 Å². The van der Waals surface area contributed by atoms with Crippen LogP contribution in [0.5, 0.6) is 0 Å². The molecular formula is C21H46NO3S+. The Kier molecular flexibility index (Phi) is 15.8. The second kappa shape index (κ2) is 15.9. The second-order valence-electron chi connectivity index (χ2n) is 8.06. The van der Waals surface area contributed by atoms with Gasteiger partial charge in [0.25, 0.3) is 10.1 Å². The molecule has 4 nitrogen and oxygen atoms in total. The van der Waals surface area contributed by atoms with Crippen LogP contribution in [0.1, 0.15) is 104 Å². The van der Waals surface area contributed by atoms with Gasteiger partial charge in [0.15, 0.2) is 0 Å². The molecule has 0 bridgehead atoms. The van der Waals surface area contributed by atoms with E-state index in [2.05, 4.69) is 20.8 Å². The summed E-state index contributed by atoms with van der Waals surface area (Å²) in [5, 5.41) is 0. The van der Waals surface area contributed by atoms with Gasteiger partial charge >= 0.3 is 0 Å². The lowest BCUT2D eigenvalue weighted by molar-refractivity contribution is -0.928. The largest absolute Gasteiger partial charge is 0.324 e. The van der Waals surface area contributed by atoms with Crippen molar-refractivity contribution in [3.8, 4) is 0 Å². The van der Waals surface area contributed by atoms with Crippen LogP contribution >= 0.6 is 0 Å². The summed E-state index contributed by atoms with van der Waals surface area (Å²) in [5.41, 5.74) is 0. The highest BCUT2D eigenvalue weighted by Gasteiger charge is 2.26. The molecule has 0 radical (unpaired) electrons. The summed E-state index contributed by atoms with van der Waals surface area (Å²) in [4.78, 5) is 0. The van der Waals surface area contributed by atoms with Crippen LogP contribution in [-0.2, 0) is 10.1 Å². The fraction of sp³-hybridized carbons (Fsp3) is 1.00. The van der Waals surface area contributed by atoms with Crippen LogP contribution < -0.4 is 0 Å². The second-order valence-corrected chi connectivity index (χ2v) is 9.63. The molecule has 0 heterocycles. The van der Waals surface area contributed by atoms with Gasteiger partial charge in [0.05, 0.1) is 31.9 Å². The molecule has 0 aromatic carbocycles. The van der Waals surface area contributed by atoms with Crippen molar-refractivity contribution in [2.45, 2.75) is 104 Å². The maximum absolute atomic E-state index is 11.2. The van der Waals surface area contributed by atoms with Gasteiger partial charge in [0, 0.05) is 6.42 Å². The molecule has 0 aliphatic carbocycles. The SMILES string of the molecule is CCCCCC[N+](CCCCCC)(CCCCCC)CCCS(=O)(=O)O. The zero-order chi connectivity index (χ0) is 19.7. The Morgan fingerprint density at radius 1 is 0.577 bits per heavy atom. The third-order valence-corrected chi connectivity index (χ3v) is 6.30. The molecule has 0 aliphatic heterocycles. The average Bonchev–Trinajstić information content (AvgIpc) is 2.58. The van der Waals surface area contributed by atoms with E-state index >= 15 is 0 Å². The van der Waals surface area contributed by atoms with Gasteiger partial charge in [0.2, 0.25) is 0 Å². The number of hydrogen-bond acceptors (Lipinski definition) is 2. The third-order valence-electron chi connectivity index (χ3n) is 5.49. The van der Waals surface area contributed by atoms with Crippen molar-refractivity contribution in [1.82, 2.24) is 0 Å². The van der Waals surface area contributed by atoms with Crippen molar-refractivity contribution in [3.63, 3.8) is 0 Å². The van der Waals surface area contributed by atoms with Crippen LogP contribution in [0.25, 0.3) is 0 Å². The first kappa shape index (κ1) is 25.9. The van der Waals surface area contributed by atoms with Gasteiger partial charge < -0.3 is 4.48 Å². The van der Waals surface area contributed by atoms with Gasteiger partial charge in [-0.05, 0) is 38.5 Å². The maximum Gasteiger partial charge on any atom is 0.265 e. The molecule has 5 heteroatoms. The van der Waals surface area contributed by atoms with Crippen LogP contribution in [0.15, 0.2) is 0 Å². The molecule has 158 valence electrons. The summed E-state index contributed by atoms with van der Waals surface area (Å²) < 4.78 is 32.5. The predicted molar refractivity (Wildman–Crippen MR) is 113 cm³/mol. The standard InChI is InChI=1S/C21H45NO3S/c1-4-7-10-13-17-22(18-14-11-8-5-2,19-15-12-9-6-3)20-16-21-26(23,24)25/h4-21H2,1-3H3/p+1. The molecule has 0 aromatic heterocycles. The molecule has 0 spiro atoms. The van der Waals surface area contributed by atoms with E-state index in [1.54, 1.807) is 0 Å². The first-order valence-electron chi connectivity index (χ1n) is 11.2. The van der Waals surface area contributed by atoms with E-state index in [0.717, 1.165) is 11.0 Å². The van der Waals surface area contributed by atoms with Gasteiger partial charge in [0.1, 0.15) is 0 Å². The van der Waals surface area contributed by atoms with E-state index in [4.69, 9.17) is 4.55 Å². The Balaban J connectivity index is 4.83. The summed E-state index contributed by atoms with van der Waals surface area (Å²) >= 11 is 0. The number of hydrogen-bond donors (Lipinski definition) is 1. The molecule has 0 fully saturated rings. The van der Waals surface area contributed by atoms with Crippen molar-refractivity contribution in [2.75, 3.05) is 31.9 Å². The van der Waals surface area contributed by atoms with Crippen LogP contribution in [-0.4, -0.2) is 49.4 Å². The Hall–Kier alpha value is -0.130. The van der Waals surface area contributed by atoms with Gasteiger partial charge in [-0.2, -0.15) is 8.42 Å². The highest BCUT2D eigenvalue weighted by Crippen LogP contribution is 2.18. The summed E-state index contributed by atoms with van der Waals surface area (Å²) in [6.45, 7) is 11.1. The van der Waals surface area contributed by atoms with Gasteiger partial charge in [-0.15, -0.1) is 0 Å². The third kappa shape index (κ3) is 15.0. The predicted octanol–water partition coefficient (Wildman–Crippen LogP) is 5.82. The smallest absolute Gasteiger partial charge is 0.265 e. The minimum atomic E-state index is -3.84. The van der Waals surface area contributed by atoms with Gasteiger partial charge in [-0.1, -0.05) is 59.3 Å². The van der Waals surface area contributed by atoms with Crippen molar-refractivity contribution in [2.24, 2.45) is 0 Å². The minimum absolute atomic E-state index is 0.0914. The Morgan fingerprint density at radius 3 is 1.23 bits per heavy atom. The molecule has 0 saturated heterocycles. The van der Waals surface area contributed by atoms with E-state index in [-0.39, 0.29) is 5.75 Å². The first-order chi connectivity index (χ1) is 12.4. The van der Waals surface area contributed by atoms with Gasteiger partial charge in [-0.25, -0.2) is 0 Å². The lowest BCUT2D eigenvalue weighted by Crippen LogP contribution is -2.51. The highest BCUT2D eigenvalue weighted by atomic mass is 32.2. The van der Waals surface area contributed by atoms with Crippen molar-refractivity contribution < 1.29 is 17.5 Å². The highest BCUT2D eigenvalue weighted by molar-refractivity contribution is 7.85. The first-order valence-corrected chi connectivity index (χ1v) is 12.8. The van der Waals surface area contributed by atoms with Crippen molar-refractivity contribution >= 4 is 10.1 Å². The normalized spacial score (nSPS) is 12.6. The fourth-order valence-electron chi connectivity index (χ4n) is 3.88. The van der Waals surface area contributed by atoms with Crippen molar-refractivity contribution in [1.29, 1.82) is 0 Å². The van der Waals surface area contributed by atoms with E-state index in [1.165, 1.54) is 96.7 Å². The number of rotatable bonds is 19. The van der Waals surface area contributed by atoms with E-state index < -0.39 is 10.1 Å². The lowest BCUT2D eigenvalue weighted by Gasteiger charge is -2.39. The van der Waals surface area contributed by atoms with Crippen LogP contribution in [0.4, 0.5) is 0 Å². The molecule has 0 atom stereocenters. The zero-order valence-corrected chi connectivity index (χ0v) is 18.7. The molecule has 0 saturated carbocycles. The quantitative estimate of drug-likeness (QED) is 0.171. The Labute approximate surface area is 164 Å². The Bertz CT molecular complexity index is 378. The lowest BCUT2D eigenvalue weighted by atomic mass is 10.1. The molecule has 0 aromatic rings. The maximum atomic E-state index is 11.2. The number of nitrogens with zero attached hydrogens (tertiary/aromatic N) is 1. The van der Waals surface area contributed by atoms with Crippen LogP contribution in [0, 0.1) is 0 Å². The fourth-order valence-corrected chi connectivity index (χ4v) is 4.37. The molecule has 0 amide bonds. The van der Waals surface area contributed by atoms with Crippen molar-refractivity contribution in [3.05, 3.63) is 0 Å². The number of quaternary nitrogens is 1. The Morgan fingerprint density at radius 2 is 0.923 bits per heavy atom. The molecule has 0 aliphatic rings. The molecule has 1 N–H and O–H groups in total. The van der Waals surface area contributed by atoms with Gasteiger partial charge in [-0.3, -0.25) is 4.55 Å². The summed E-state index contributed by atoms with van der Waals surface area (Å²) in [5.74, 6) is -0.0914. The molecule has 0 unspecified atom stereocenters. The average molecular weight is 393 g/mol. The molecular weight excluding hydrogens is 346 g/mol. The monoisotopic (exact) mass is 392 g/mol. The van der Waals surface area contributed by atoms with E-state index in [9.17, 15) is 8.42 Å². The summed E-state index contributed by atoms with van der Waals surface area (Å²) in [7, 11) is -3.84. The van der Waals surface area contributed by atoms with Crippen LogP contribution in [0.3, 0.4) is 0 Å². The topological polar surface area (TPSA) is 54.4 Å². The summed E-state index contributed by atoms with van der Waals surface area (Å²) in [6, 6.07) is 0. The zero-order valence-electron chi connectivity index (χ0n) is 17.8. The molecule has 26 heavy (non-hydrogen) atoms. The van der Waals surface area contributed by atoms with Crippen LogP contribution in [0.2, 0.25) is 0 Å². The summed E-state index contributed by atoms with van der Waals surface area (Å²) in [6.07, 6.45) is 15.7. The minimum Gasteiger partial charge on any atom is -0.324 e. The van der Waals surface area contributed by atoms with E-state index in [1.807, 2.05) is 0 Å².